The summed E-state index contributed by atoms with van der Waals surface area (Å²) in [6.07, 6.45) is 0.675. The fraction of sp³-hybridized carbons (Fsp3) is 0.269. The maximum absolute atomic E-state index is 11.0. The first-order valence-electron chi connectivity index (χ1n) is 21.2. The SMILES string of the molecule is COc1cc(OC(CCN(C)CC(=O)O)c2ccccc2)ccc1Oc1ccccc1.COc1ccc(C(CCN(C)CC(=O)O)Oc2ccc(Oc3cccc(OC)c3)c(OC)c2)cc1. The van der Waals surface area contributed by atoms with Gasteiger partial charge in [-0.15, -0.1) is 0 Å². The van der Waals surface area contributed by atoms with Crippen LogP contribution < -0.4 is 37.9 Å². The van der Waals surface area contributed by atoms with Gasteiger partial charge in [-0.3, -0.25) is 19.4 Å². The molecule has 14 heteroatoms. The van der Waals surface area contributed by atoms with Gasteiger partial charge in [0, 0.05) is 44.1 Å². The minimum Gasteiger partial charge on any atom is -0.497 e. The summed E-state index contributed by atoms with van der Waals surface area (Å²) in [5, 5.41) is 18.1. The zero-order chi connectivity index (χ0) is 47.3. The number of hydrogen-bond donors (Lipinski definition) is 2. The molecular formula is C52H58N2O12. The van der Waals surface area contributed by atoms with Gasteiger partial charge in [0.25, 0.3) is 0 Å². The van der Waals surface area contributed by atoms with E-state index in [1.807, 2.05) is 121 Å². The summed E-state index contributed by atoms with van der Waals surface area (Å²) < 4.78 is 46.1. The number of rotatable bonds is 24. The Balaban J connectivity index is 0.000000249. The van der Waals surface area contributed by atoms with Crippen LogP contribution in [0.15, 0.2) is 146 Å². The summed E-state index contributed by atoms with van der Waals surface area (Å²) in [6.45, 7) is 1.07. The number of carbonyl (C=O) groups is 2. The van der Waals surface area contributed by atoms with Crippen molar-refractivity contribution < 1.29 is 57.7 Å². The van der Waals surface area contributed by atoms with E-state index in [9.17, 15) is 9.59 Å². The van der Waals surface area contributed by atoms with Crippen molar-refractivity contribution in [1.82, 2.24) is 9.80 Å². The second-order valence-electron chi connectivity index (χ2n) is 15.1. The first kappa shape index (κ1) is 49.6. The summed E-state index contributed by atoms with van der Waals surface area (Å²) in [7, 11) is 9.93. The van der Waals surface area contributed by atoms with E-state index in [0.29, 0.717) is 71.9 Å². The van der Waals surface area contributed by atoms with E-state index in [4.69, 9.17) is 48.1 Å². The van der Waals surface area contributed by atoms with Crippen molar-refractivity contribution in [1.29, 1.82) is 0 Å². The number of carboxylic acid groups (broad SMARTS) is 2. The third-order valence-electron chi connectivity index (χ3n) is 10.1. The molecule has 0 aliphatic rings. The highest BCUT2D eigenvalue weighted by Gasteiger charge is 2.19. The molecule has 66 heavy (non-hydrogen) atoms. The van der Waals surface area contributed by atoms with E-state index in [0.717, 1.165) is 22.6 Å². The molecule has 348 valence electrons. The van der Waals surface area contributed by atoms with E-state index in [2.05, 4.69) is 0 Å². The third-order valence-corrected chi connectivity index (χ3v) is 10.1. The molecule has 0 spiro atoms. The Labute approximate surface area is 386 Å². The number of ether oxygens (including phenoxy) is 8. The Kier molecular flexibility index (Phi) is 19.4. The molecule has 2 unspecified atom stereocenters. The predicted octanol–water partition coefficient (Wildman–Crippen LogP) is 10.0. The van der Waals surface area contributed by atoms with Crippen molar-refractivity contribution in [2.45, 2.75) is 25.0 Å². The molecule has 0 aliphatic carbocycles. The number of methoxy groups -OCH3 is 4. The molecule has 6 aromatic rings. The van der Waals surface area contributed by atoms with E-state index < -0.39 is 11.9 Å². The van der Waals surface area contributed by atoms with Crippen molar-refractivity contribution in [3.63, 3.8) is 0 Å². The number of benzene rings is 6. The zero-order valence-electron chi connectivity index (χ0n) is 38.1. The monoisotopic (exact) mass is 902 g/mol. The lowest BCUT2D eigenvalue weighted by Crippen LogP contribution is -2.28. The highest BCUT2D eigenvalue weighted by Crippen LogP contribution is 2.39. The first-order chi connectivity index (χ1) is 32.0. The van der Waals surface area contributed by atoms with E-state index in [1.54, 1.807) is 76.6 Å². The van der Waals surface area contributed by atoms with E-state index in [1.165, 1.54) is 0 Å². The van der Waals surface area contributed by atoms with Crippen molar-refractivity contribution in [3.05, 3.63) is 157 Å². The van der Waals surface area contributed by atoms with Gasteiger partial charge in [0.2, 0.25) is 0 Å². The normalized spacial score (nSPS) is 11.6. The van der Waals surface area contributed by atoms with Crippen LogP contribution in [0.1, 0.15) is 36.2 Å². The van der Waals surface area contributed by atoms with Crippen LogP contribution in [-0.4, -0.2) is 101 Å². The fourth-order valence-electron chi connectivity index (χ4n) is 6.72. The number of likely N-dealkylation sites (N-methyl/N-ethyl adjacent to an activating group) is 2. The molecule has 14 nitrogen and oxygen atoms in total. The molecule has 0 amide bonds. The van der Waals surface area contributed by atoms with Crippen LogP contribution in [0, 0.1) is 0 Å². The molecule has 6 rings (SSSR count). The smallest absolute Gasteiger partial charge is 0.317 e. The lowest BCUT2D eigenvalue weighted by Gasteiger charge is -2.23. The molecule has 0 saturated heterocycles. The van der Waals surface area contributed by atoms with Gasteiger partial charge >= 0.3 is 11.9 Å². The molecule has 2 N–H and O–H groups in total. The van der Waals surface area contributed by atoms with E-state index in [-0.39, 0.29) is 25.3 Å². The summed E-state index contributed by atoms with van der Waals surface area (Å²) >= 11 is 0. The van der Waals surface area contributed by atoms with Crippen molar-refractivity contribution in [2.24, 2.45) is 0 Å². The van der Waals surface area contributed by atoms with Crippen molar-refractivity contribution in [2.75, 3.05) is 68.7 Å². The van der Waals surface area contributed by atoms with Crippen LogP contribution >= 0.6 is 0 Å². The van der Waals surface area contributed by atoms with Crippen LogP contribution in [0.2, 0.25) is 0 Å². The van der Waals surface area contributed by atoms with Gasteiger partial charge in [-0.2, -0.15) is 0 Å². The Morgan fingerprint density at radius 3 is 1.33 bits per heavy atom. The van der Waals surface area contributed by atoms with Crippen LogP contribution in [0.5, 0.6) is 57.5 Å². The Hall–Kier alpha value is -7.42. The van der Waals surface area contributed by atoms with Crippen molar-refractivity contribution in [3.8, 4) is 57.5 Å². The third kappa shape index (κ3) is 16.0. The lowest BCUT2D eigenvalue weighted by atomic mass is 10.1. The second kappa shape index (κ2) is 25.8. The first-order valence-corrected chi connectivity index (χ1v) is 21.2. The molecule has 0 heterocycles. The number of para-hydroxylation sites is 1. The quantitative estimate of drug-likeness (QED) is 0.0592. The minimum absolute atomic E-state index is 0.0130. The van der Waals surface area contributed by atoms with Gasteiger partial charge in [-0.25, -0.2) is 0 Å². The highest BCUT2D eigenvalue weighted by molar-refractivity contribution is 5.69. The van der Waals surface area contributed by atoms with E-state index >= 15 is 0 Å². The molecule has 0 radical (unpaired) electrons. The number of aliphatic carboxylic acids is 2. The number of hydrogen-bond acceptors (Lipinski definition) is 12. The summed E-state index contributed by atoms with van der Waals surface area (Å²) in [4.78, 5) is 25.5. The molecule has 0 aliphatic heterocycles. The van der Waals surface area contributed by atoms with Gasteiger partial charge < -0.3 is 48.1 Å². The van der Waals surface area contributed by atoms with Gasteiger partial charge in [0.05, 0.1) is 41.5 Å². The average Bonchev–Trinajstić information content (AvgIpc) is 3.33. The average molecular weight is 903 g/mol. The molecule has 0 fully saturated rings. The zero-order valence-corrected chi connectivity index (χ0v) is 38.1. The lowest BCUT2D eigenvalue weighted by molar-refractivity contribution is -0.139. The van der Waals surface area contributed by atoms with Gasteiger partial charge in [0.1, 0.15) is 46.7 Å². The molecule has 0 saturated carbocycles. The maximum Gasteiger partial charge on any atom is 0.317 e. The second-order valence-corrected chi connectivity index (χ2v) is 15.1. The molecule has 6 aromatic carbocycles. The van der Waals surface area contributed by atoms with Crippen LogP contribution in [0.3, 0.4) is 0 Å². The topological polar surface area (TPSA) is 155 Å². The molecule has 2 atom stereocenters. The molecular weight excluding hydrogens is 845 g/mol. The largest absolute Gasteiger partial charge is 0.497 e. The van der Waals surface area contributed by atoms with Gasteiger partial charge in [-0.1, -0.05) is 66.7 Å². The summed E-state index contributed by atoms with van der Waals surface area (Å²) in [6, 6.07) is 45.2. The van der Waals surface area contributed by atoms with Crippen LogP contribution in [0.25, 0.3) is 0 Å². The summed E-state index contributed by atoms with van der Waals surface area (Å²) in [5.74, 6) is 4.52. The Morgan fingerprint density at radius 1 is 0.439 bits per heavy atom. The highest BCUT2D eigenvalue weighted by atomic mass is 16.5. The van der Waals surface area contributed by atoms with Crippen LogP contribution in [-0.2, 0) is 9.59 Å². The minimum atomic E-state index is -0.870. The summed E-state index contributed by atoms with van der Waals surface area (Å²) in [5.41, 5.74) is 1.97. The molecule has 0 bridgehead atoms. The van der Waals surface area contributed by atoms with Crippen molar-refractivity contribution >= 4 is 11.9 Å². The predicted molar refractivity (Wildman–Crippen MR) is 251 cm³/mol. The van der Waals surface area contributed by atoms with Crippen LogP contribution in [0.4, 0.5) is 0 Å². The fourth-order valence-corrected chi connectivity index (χ4v) is 6.72. The van der Waals surface area contributed by atoms with Gasteiger partial charge in [0.15, 0.2) is 23.0 Å². The maximum atomic E-state index is 11.0. The standard InChI is InChI=1S/C27H31NO7.C25H27NO5/c1-28(18-27(29)30)15-14-24(19-8-10-20(31-2)11-9-19)34-23-12-13-25(26(17-23)33-4)35-22-7-5-6-21(16-22)32-3;1-26(18-25(27)28)16-15-22(19-9-5-3-6-10-19)31-21-13-14-23(24(17-21)29-2)30-20-11-7-4-8-12-20/h5-13,16-17,24H,14-15,18H2,1-4H3,(H,29,30);3-14,17,22H,15-16,18H2,1-2H3,(H,27,28). The van der Waals surface area contributed by atoms with Gasteiger partial charge in [-0.05, 0) is 85.9 Å². The Morgan fingerprint density at radius 2 is 0.864 bits per heavy atom. The Bertz CT molecular complexity index is 2400. The number of nitrogens with zero attached hydrogens (tertiary/aromatic N) is 2. The molecule has 0 aromatic heterocycles. The number of carboxylic acids is 2.